The van der Waals surface area contributed by atoms with E-state index in [-0.39, 0.29) is 30.2 Å². The molecule has 3 rings (SSSR count). The quantitative estimate of drug-likeness (QED) is 0.576. The van der Waals surface area contributed by atoms with Crippen LogP contribution < -0.4 is 10.1 Å². The molecule has 1 N–H and O–H groups in total. The highest BCUT2D eigenvalue weighted by molar-refractivity contribution is 7.23. The number of benzene rings is 1. The van der Waals surface area contributed by atoms with Gasteiger partial charge >= 0.3 is 6.36 Å². The van der Waals surface area contributed by atoms with E-state index in [1.807, 2.05) is 6.07 Å². The van der Waals surface area contributed by atoms with Crippen molar-refractivity contribution in [1.82, 2.24) is 10.3 Å². The number of nitrogens with zero attached hydrogens (tertiary/aromatic N) is 1. The van der Waals surface area contributed by atoms with Crippen molar-refractivity contribution < 1.29 is 22.7 Å². The third-order valence-corrected chi connectivity index (χ3v) is 5.64. The molecule has 0 bridgehead atoms. The SMILES string of the molecule is O=C(Cc1csc(-c2ccc(Cl)s2)n1)NCc1ccccc1OC(F)(F)F. The Hall–Kier alpha value is -2.10. The zero-order chi connectivity index (χ0) is 19.4. The Bertz CT molecular complexity index is 940. The molecule has 2 heterocycles. The maximum absolute atomic E-state index is 12.4. The molecule has 1 aromatic carbocycles. The van der Waals surface area contributed by atoms with Crippen LogP contribution in [0.1, 0.15) is 11.3 Å². The van der Waals surface area contributed by atoms with Crippen LogP contribution in [0.15, 0.2) is 41.8 Å². The van der Waals surface area contributed by atoms with Crippen LogP contribution in [0.25, 0.3) is 9.88 Å². The smallest absolute Gasteiger partial charge is 0.405 e. The fraction of sp³-hybridized carbons (Fsp3) is 0.176. The molecule has 1 amide bonds. The lowest BCUT2D eigenvalue weighted by Crippen LogP contribution is -2.25. The molecule has 0 aliphatic carbocycles. The largest absolute Gasteiger partial charge is 0.573 e. The molecule has 3 aromatic rings. The zero-order valence-corrected chi connectivity index (χ0v) is 15.9. The number of thiophene rings is 1. The number of hydrogen-bond donors (Lipinski definition) is 1. The van der Waals surface area contributed by atoms with Gasteiger partial charge in [-0.15, -0.1) is 35.8 Å². The molecule has 0 saturated heterocycles. The van der Waals surface area contributed by atoms with E-state index in [9.17, 15) is 18.0 Å². The fourth-order valence-corrected chi connectivity index (χ4v) is 4.16. The van der Waals surface area contributed by atoms with Crippen LogP contribution >= 0.6 is 34.3 Å². The molecule has 0 aliphatic heterocycles. The third kappa shape index (κ3) is 5.69. The van der Waals surface area contributed by atoms with Crippen LogP contribution in [0, 0.1) is 0 Å². The minimum absolute atomic E-state index is 0.0257. The fourth-order valence-electron chi connectivity index (χ4n) is 2.23. The number of para-hydroxylation sites is 1. The maximum Gasteiger partial charge on any atom is 0.573 e. The molecule has 0 fully saturated rings. The van der Waals surface area contributed by atoms with Crippen molar-refractivity contribution in [2.75, 3.05) is 0 Å². The predicted octanol–water partition coefficient (Wildman–Crippen LogP) is 5.28. The van der Waals surface area contributed by atoms with Gasteiger partial charge in [-0.05, 0) is 18.2 Å². The van der Waals surface area contributed by atoms with Crippen LogP contribution in [0.4, 0.5) is 13.2 Å². The van der Waals surface area contributed by atoms with Gasteiger partial charge in [0.05, 0.1) is 21.3 Å². The third-order valence-electron chi connectivity index (χ3n) is 3.35. The van der Waals surface area contributed by atoms with Crippen LogP contribution in [-0.4, -0.2) is 17.3 Å². The Balaban J connectivity index is 1.59. The molecule has 0 atom stereocenters. The second-order valence-corrected chi connectivity index (χ2v) is 7.93. The molecule has 4 nitrogen and oxygen atoms in total. The Morgan fingerprint density at radius 3 is 2.70 bits per heavy atom. The van der Waals surface area contributed by atoms with E-state index in [0.29, 0.717) is 10.0 Å². The Morgan fingerprint density at radius 1 is 1.22 bits per heavy atom. The van der Waals surface area contributed by atoms with Crippen molar-refractivity contribution in [3.05, 3.63) is 57.4 Å². The van der Waals surface area contributed by atoms with Gasteiger partial charge in [0.15, 0.2) is 0 Å². The Kier molecular flexibility index (Phi) is 6.03. The van der Waals surface area contributed by atoms with Crippen molar-refractivity contribution in [3.8, 4) is 15.6 Å². The number of thiazole rings is 1. The van der Waals surface area contributed by atoms with E-state index in [2.05, 4.69) is 15.0 Å². The number of hydrogen-bond acceptors (Lipinski definition) is 5. The number of carbonyl (C=O) groups is 1. The van der Waals surface area contributed by atoms with Gasteiger partial charge in [0.1, 0.15) is 10.8 Å². The topological polar surface area (TPSA) is 51.2 Å². The van der Waals surface area contributed by atoms with Gasteiger partial charge in [-0.2, -0.15) is 0 Å². The number of nitrogens with one attached hydrogen (secondary N) is 1. The summed E-state index contributed by atoms with van der Waals surface area (Å²) in [5.74, 6) is -0.686. The molecule has 142 valence electrons. The predicted molar refractivity (Wildman–Crippen MR) is 99.1 cm³/mol. The Labute approximate surface area is 165 Å². The molecule has 0 radical (unpaired) electrons. The first-order chi connectivity index (χ1) is 12.8. The minimum Gasteiger partial charge on any atom is -0.405 e. The summed E-state index contributed by atoms with van der Waals surface area (Å²) in [6.45, 7) is -0.0807. The monoisotopic (exact) mass is 432 g/mol. The summed E-state index contributed by atoms with van der Waals surface area (Å²) < 4.78 is 41.9. The van der Waals surface area contributed by atoms with Crippen molar-refractivity contribution in [2.24, 2.45) is 0 Å². The number of amides is 1. The average Bonchev–Trinajstić information content (AvgIpc) is 3.21. The summed E-state index contributed by atoms with van der Waals surface area (Å²) in [6, 6.07) is 9.30. The summed E-state index contributed by atoms with van der Waals surface area (Å²) in [4.78, 5) is 17.4. The number of alkyl halides is 3. The number of ether oxygens (including phenoxy) is 1. The molecule has 0 spiro atoms. The van der Waals surface area contributed by atoms with Gasteiger partial charge in [-0.1, -0.05) is 29.8 Å². The molecule has 10 heteroatoms. The highest BCUT2D eigenvalue weighted by atomic mass is 35.5. The maximum atomic E-state index is 12.4. The zero-order valence-electron chi connectivity index (χ0n) is 13.5. The lowest BCUT2D eigenvalue weighted by atomic mass is 10.2. The van der Waals surface area contributed by atoms with Gasteiger partial charge in [0.25, 0.3) is 0 Å². The van der Waals surface area contributed by atoms with Crippen molar-refractivity contribution in [3.63, 3.8) is 0 Å². The number of carbonyl (C=O) groups excluding carboxylic acids is 1. The first kappa shape index (κ1) is 19.7. The van der Waals surface area contributed by atoms with E-state index < -0.39 is 6.36 Å². The second-order valence-electron chi connectivity index (χ2n) is 5.36. The first-order valence-corrected chi connectivity index (χ1v) is 9.68. The summed E-state index contributed by atoms with van der Waals surface area (Å²) >= 11 is 8.69. The summed E-state index contributed by atoms with van der Waals surface area (Å²) in [5.41, 5.74) is 0.812. The molecule has 0 saturated carbocycles. The molecular weight excluding hydrogens is 421 g/mol. The van der Waals surface area contributed by atoms with Gasteiger partial charge in [0, 0.05) is 17.5 Å². The minimum atomic E-state index is -4.79. The van der Waals surface area contributed by atoms with Crippen molar-refractivity contribution >= 4 is 40.2 Å². The molecular formula is C17H12ClF3N2O2S2. The normalized spacial score (nSPS) is 11.4. The van der Waals surface area contributed by atoms with Crippen LogP contribution in [0.3, 0.4) is 0 Å². The van der Waals surface area contributed by atoms with E-state index >= 15 is 0 Å². The van der Waals surface area contributed by atoms with Gasteiger partial charge in [0.2, 0.25) is 5.91 Å². The van der Waals surface area contributed by atoms with E-state index in [1.165, 1.54) is 40.9 Å². The first-order valence-electron chi connectivity index (χ1n) is 7.60. The average molecular weight is 433 g/mol. The van der Waals surface area contributed by atoms with Crippen molar-refractivity contribution in [1.29, 1.82) is 0 Å². The van der Waals surface area contributed by atoms with E-state index in [1.54, 1.807) is 17.5 Å². The van der Waals surface area contributed by atoms with Crippen LogP contribution in [0.2, 0.25) is 4.34 Å². The standard InChI is InChI=1S/C17H12ClF3N2O2S2/c18-14-6-5-13(27-14)16-23-11(9-26-16)7-15(24)22-8-10-3-1-2-4-12(10)25-17(19,20)21/h1-6,9H,7-8H2,(H,22,24). The number of halogens is 4. The summed E-state index contributed by atoms with van der Waals surface area (Å²) in [7, 11) is 0. The molecule has 2 aromatic heterocycles. The summed E-state index contributed by atoms with van der Waals surface area (Å²) in [6.07, 6.45) is -4.76. The highest BCUT2D eigenvalue weighted by Crippen LogP contribution is 2.33. The molecule has 0 aliphatic rings. The van der Waals surface area contributed by atoms with Crippen LogP contribution in [0.5, 0.6) is 5.75 Å². The second kappa shape index (κ2) is 8.28. The van der Waals surface area contributed by atoms with Gasteiger partial charge in [-0.3, -0.25) is 4.79 Å². The Morgan fingerprint density at radius 2 is 2.00 bits per heavy atom. The van der Waals surface area contributed by atoms with Crippen LogP contribution in [-0.2, 0) is 17.8 Å². The lowest BCUT2D eigenvalue weighted by Gasteiger charge is -2.13. The van der Waals surface area contributed by atoms with E-state index in [4.69, 9.17) is 11.6 Å². The highest BCUT2D eigenvalue weighted by Gasteiger charge is 2.32. The van der Waals surface area contributed by atoms with Gasteiger partial charge in [-0.25, -0.2) is 4.98 Å². The number of rotatable bonds is 6. The van der Waals surface area contributed by atoms with E-state index in [0.717, 1.165) is 9.88 Å². The number of aromatic nitrogens is 1. The molecule has 0 unspecified atom stereocenters. The van der Waals surface area contributed by atoms with Crippen molar-refractivity contribution in [2.45, 2.75) is 19.3 Å². The summed E-state index contributed by atoms with van der Waals surface area (Å²) in [5, 5.41) is 5.12. The molecule has 27 heavy (non-hydrogen) atoms. The van der Waals surface area contributed by atoms with Gasteiger partial charge < -0.3 is 10.1 Å². The lowest BCUT2D eigenvalue weighted by molar-refractivity contribution is -0.274.